The molecule has 316 valence electrons. The molecule has 6 rings (SSSR count). The zero-order valence-corrected chi connectivity index (χ0v) is 37.0. The maximum atomic E-state index is 14.2. The summed E-state index contributed by atoms with van der Waals surface area (Å²) in [5.41, 5.74) is 0.576. The molecule has 0 saturated heterocycles. The predicted molar refractivity (Wildman–Crippen MR) is 223 cm³/mol. The molecule has 0 radical (unpaired) electrons. The Bertz CT molecular complexity index is 1770. The summed E-state index contributed by atoms with van der Waals surface area (Å²) in [5.74, 6) is -0.00984. The van der Waals surface area contributed by atoms with Crippen LogP contribution in [0.4, 0.5) is 0 Å². The van der Waals surface area contributed by atoms with E-state index in [0.717, 1.165) is 56.9 Å². The minimum absolute atomic E-state index is 0.0362. The number of carbonyl (C=O) groups excluding carboxylic acids is 3. The van der Waals surface area contributed by atoms with Crippen molar-refractivity contribution >= 4 is 35.2 Å². The monoisotopic (exact) mass is 808 g/mol. The number of carboxylic acid groups (broad SMARTS) is 1. The number of fused-ring (bicyclic) bond motifs is 7. The molecule has 0 aromatic heterocycles. The molecule has 1 aromatic carbocycles. The quantitative estimate of drug-likeness (QED) is 0.201. The number of ether oxygens (including phenoxy) is 1. The maximum Gasteiger partial charge on any atom is 0.309 e. The molecule has 2 N–H and O–H groups in total. The lowest BCUT2D eigenvalue weighted by Gasteiger charge is -2.69. The Labute approximate surface area is 346 Å². The maximum absolute atomic E-state index is 14.2. The summed E-state index contributed by atoms with van der Waals surface area (Å²) in [5, 5.41) is 22.8. The zero-order chi connectivity index (χ0) is 42.0. The summed E-state index contributed by atoms with van der Waals surface area (Å²) in [6.45, 7) is 18.1. The van der Waals surface area contributed by atoms with Crippen molar-refractivity contribution in [1.82, 2.24) is 9.80 Å². The molecule has 5 aliphatic rings. The number of halogens is 1. The molecule has 10 heteroatoms. The molecular formula is C47H69ClN2O7. The standard InChI is InChI=1S/C47H69ClN2O7/c1-28(2)39-33(51)25-47(36(52)27-50(24-23-49(9)10)41(54)29-11-13-30(48)14-12-29)22-17-32-31(40(39)47)15-16-35-45(32,7)20-18-34-44(5,6)37(19-21-46(34,35)8)57-38(53)26-43(3,4)42(55)56/h11-14,28,31-32,34-37,52H,15-27H2,1-10H3,(H,55,56). The Hall–Kier alpha value is -2.75. The van der Waals surface area contributed by atoms with Gasteiger partial charge in [0.25, 0.3) is 5.91 Å². The Kier molecular flexibility index (Phi) is 12.1. The molecule has 9 nitrogen and oxygen atoms in total. The molecule has 0 spiro atoms. The first kappa shape index (κ1) is 43.8. The Morgan fingerprint density at radius 3 is 2.18 bits per heavy atom. The fourth-order valence-electron chi connectivity index (χ4n) is 13.4. The van der Waals surface area contributed by atoms with Crippen molar-refractivity contribution in [1.29, 1.82) is 0 Å². The normalized spacial score (nSPS) is 33.9. The number of aliphatic hydroxyl groups excluding tert-OH is 1. The van der Waals surface area contributed by atoms with Gasteiger partial charge in [-0.2, -0.15) is 0 Å². The number of carboxylic acids is 1. The van der Waals surface area contributed by atoms with Crippen LogP contribution in [0, 0.1) is 56.7 Å². The predicted octanol–water partition coefficient (Wildman–Crippen LogP) is 8.71. The number of carbonyl (C=O) groups is 4. The molecule has 4 saturated carbocycles. The lowest BCUT2D eigenvalue weighted by molar-refractivity contribution is -0.214. The third kappa shape index (κ3) is 7.65. The van der Waals surface area contributed by atoms with E-state index < -0.39 is 28.9 Å². The SMILES string of the molecule is CC(C)C1=C2C3CCC4C(C)(CCC5C(C)(C)C(OC(=O)CC(C)(C)C(=O)O)CCC54C)C3CCC2(C(O)CN(CCN(C)C)C(=O)c2ccc(Cl)cc2)CC1=O. The molecule has 9 atom stereocenters. The highest BCUT2D eigenvalue weighted by Gasteiger charge is 2.67. The second-order valence-corrected chi connectivity index (χ2v) is 21.4. The van der Waals surface area contributed by atoms with Crippen molar-refractivity contribution < 1.29 is 34.1 Å². The molecular weight excluding hydrogens is 740 g/mol. The lowest BCUT2D eigenvalue weighted by atomic mass is 9.36. The van der Waals surface area contributed by atoms with Gasteiger partial charge in [0, 0.05) is 47.5 Å². The van der Waals surface area contributed by atoms with Crippen molar-refractivity contribution in [3.63, 3.8) is 0 Å². The number of likely N-dealkylation sites (N-methyl/N-ethyl adjacent to an activating group) is 1. The summed E-state index contributed by atoms with van der Waals surface area (Å²) in [7, 11) is 3.95. The fourth-order valence-corrected chi connectivity index (χ4v) is 13.5. The number of amides is 1. The number of nitrogens with zero attached hydrogens (tertiary/aromatic N) is 2. The van der Waals surface area contributed by atoms with E-state index in [0.29, 0.717) is 47.9 Å². The zero-order valence-electron chi connectivity index (χ0n) is 36.3. The first-order chi connectivity index (χ1) is 26.5. The van der Waals surface area contributed by atoms with E-state index in [-0.39, 0.29) is 58.8 Å². The number of Topliss-reactive ketones (excluding diaryl/α,β-unsaturated/α-hetero) is 1. The van der Waals surface area contributed by atoms with Crippen molar-refractivity contribution in [2.75, 3.05) is 33.7 Å². The highest BCUT2D eigenvalue weighted by molar-refractivity contribution is 6.30. The minimum atomic E-state index is -1.18. The van der Waals surface area contributed by atoms with E-state index in [4.69, 9.17) is 16.3 Å². The van der Waals surface area contributed by atoms with Gasteiger partial charge in [0.05, 0.1) is 17.9 Å². The third-order valence-electron chi connectivity index (χ3n) is 16.3. The van der Waals surface area contributed by atoms with Gasteiger partial charge in [0.1, 0.15) is 6.10 Å². The van der Waals surface area contributed by atoms with Gasteiger partial charge in [-0.3, -0.25) is 19.2 Å². The first-order valence-corrected chi connectivity index (χ1v) is 22.0. The molecule has 1 amide bonds. The molecule has 5 aliphatic carbocycles. The number of ketones is 1. The van der Waals surface area contributed by atoms with Gasteiger partial charge in [-0.15, -0.1) is 0 Å². The second-order valence-electron chi connectivity index (χ2n) is 21.0. The van der Waals surface area contributed by atoms with Gasteiger partial charge < -0.3 is 24.7 Å². The van der Waals surface area contributed by atoms with Gasteiger partial charge >= 0.3 is 11.9 Å². The summed E-state index contributed by atoms with van der Waals surface area (Å²) >= 11 is 6.17. The fraction of sp³-hybridized carbons (Fsp3) is 0.745. The summed E-state index contributed by atoms with van der Waals surface area (Å²) in [4.78, 5) is 56.9. The average molecular weight is 810 g/mol. The van der Waals surface area contributed by atoms with Crippen molar-refractivity contribution in [2.24, 2.45) is 56.7 Å². The van der Waals surface area contributed by atoms with Crippen LogP contribution in [0.2, 0.25) is 5.02 Å². The molecule has 9 unspecified atom stereocenters. The highest BCUT2D eigenvalue weighted by atomic mass is 35.5. The van der Waals surface area contributed by atoms with E-state index in [1.807, 2.05) is 19.0 Å². The van der Waals surface area contributed by atoms with E-state index >= 15 is 0 Å². The van der Waals surface area contributed by atoms with Gasteiger partial charge in [0.15, 0.2) is 5.78 Å². The third-order valence-corrected chi connectivity index (χ3v) is 16.5. The van der Waals surface area contributed by atoms with Crippen molar-refractivity contribution in [3.8, 4) is 0 Å². The minimum Gasteiger partial charge on any atom is -0.481 e. The molecule has 57 heavy (non-hydrogen) atoms. The number of aliphatic hydroxyl groups is 1. The smallest absolute Gasteiger partial charge is 0.309 e. The van der Waals surface area contributed by atoms with Gasteiger partial charge in [-0.25, -0.2) is 0 Å². The van der Waals surface area contributed by atoms with Crippen LogP contribution in [-0.2, 0) is 19.1 Å². The van der Waals surface area contributed by atoms with Crippen LogP contribution in [0.1, 0.15) is 130 Å². The Morgan fingerprint density at radius 1 is 0.912 bits per heavy atom. The summed E-state index contributed by atoms with van der Waals surface area (Å²) < 4.78 is 6.16. The van der Waals surface area contributed by atoms with E-state index in [2.05, 4.69) is 41.5 Å². The number of aliphatic carboxylic acids is 1. The number of benzene rings is 1. The van der Waals surface area contributed by atoms with Crippen LogP contribution in [0.3, 0.4) is 0 Å². The van der Waals surface area contributed by atoms with Gasteiger partial charge in [0.2, 0.25) is 0 Å². The van der Waals surface area contributed by atoms with Crippen LogP contribution in [-0.4, -0.2) is 89.6 Å². The van der Waals surface area contributed by atoms with Gasteiger partial charge in [-0.05, 0) is 150 Å². The topological polar surface area (TPSA) is 124 Å². The van der Waals surface area contributed by atoms with Crippen molar-refractivity contribution in [3.05, 3.63) is 46.0 Å². The number of allylic oxidation sites excluding steroid dienone is 1. The van der Waals surface area contributed by atoms with E-state index in [9.17, 15) is 29.4 Å². The largest absolute Gasteiger partial charge is 0.481 e. The van der Waals surface area contributed by atoms with Crippen molar-refractivity contribution in [2.45, 2.75) is 132 Å². The molecule has 0 aliphatic heterocycles. The summed E-state index contributed by atoms with van der Waals surface area (Å²) in [6.07, 6.45) is 6.44. The van der Waals surface area contributed by atoms with E-state index in [1.54, 1.807) is 43.0 Å². The molecule has 0 heterocycles. The van der Waals surface area contributed by atoms with Crippen LogP contribution < -0.4 is 0 Å². The Balaban J connectivity index is 1.27. The number of esters is 1. The molecule has 1 aromatic rings. The van der Waals surface area contributed by atoms with Crippen LogP contribution >= 0.6 is 11.6 Å². The van der Waals surface area contributed by atoms with Gasteiger partial charge in [-0.1, -0.05) is 58.7 Å². The van der Waals surface area contributed by atoms with E-state index in [1.165, 1.54) is 5.57 Å². The first-order valence-electron chi connectivity index (χ1n) is 21.6. The number of hydrogen-bond donors (Lipinski definition) is 2. The molecule has 0 bridgehead atoms. The van der Waals surface area contributed by atoms with Crippen LogP contribution in [0.15, 0.2) is 35.4 Å². The number of hydrogen-bond acceptors (Lipinski definition) is 7. The molecule has 4 fully saturated rings. The number of rotatable bonds is 12. The second kappa shape index (κ2) is 15.7. The van der Waals surface area contributed by atoms with Crippen LogP contribution in [0.25, 0.3) is 0 Å². The Morgan fingerprint density at radius 2 is 1.56 bits per heavy atom. The average Bonchev–Trinajstić information content (AvgIpc) is 3.44. The van der Waals surface area contributed by atoms with Crippen LogP contribution in [0.5, 0.6) is 0 Å². The summed E-state index contributed by atoms with van der Waals surface area (Å²) in [6, 6.07) is 6.92. The highest BCUT2D eigenvalue weighted by Crippen LogP contribution is 2.73. The lowest BCUT2D eigenvalue weighted by Crippen LogP contribution is -2.63.